The summed E-state index contributed by atoms with van der Waals surface area (Å²) in [5, 5.41) is 7.32. The highest BCUT2D eigenvalue weighted by molar-refractivity contribution is 4.79. The third-order valence-corrected chi connectivity index (χ3v) is 4.76. The van der Waals surface area contributed by atoms with E-state index in [1.807, 2.05) is 0 Å². The minimum atomic E-state index is 0.165. The first kappa shape index (κ1) is 23.8. The first-order chi connectivity index (χ1) is 11.0. The fourth-order valence-electron chi connectivity index (χ4n) is 2.59. The molecule has 0 saturated carbocycles. The Balaban J connectivity index is 3.86. The van der Waals surface area contributed by atoms with Crippen LogP contribution in [0.15, 0.2) is 0 Å². The smallest absolute Gasteiger partial charge is 0.0551 e. The molecule has 0 aliphatic carbocycles. The van der Waals surface area contributed by atoms with E-state index >= 15 is 0 Å². The lowest BCUT2D eigenvalue weighted by molar-refractivity contribution is 0.00990. The van der Waals surface area contributed by atoms with Crippen molar-refractivity contribution in [3.05, 3.63) is 0 Å². The Morgan fingerprint density at radius 3 is 1.88 bits per heavy atom. The zero-order chi connectivity index (χ0) is 18.8. The Morgan fingerprint density at radius 1 is 0.917 bits per heavy atom. The summed E-state index contributed by atoms with van der Waals surface area (Å²) in [5.41, 5.74) is 0.410. The topological polar surface area (TPSA) is 36.5 Å². The van der Waals surface area contributed by atoms with Gasteiger partial charge in [0.25, 0.3) is 0 Å². The molecule has 0 aliphatic heterocycles. The van der Waals surface area contributed by atoms with Crippen molar-refractivity contribution in [1.82, 2.24) is 15.5 Å². The van der Waals surface area contributed by atoms with Crippen LogP contribution in [0.4, 0.5) is 0 Å². The van der Waals surface area contributed by atoms with Crippen LogP contribution in [0.5, 0.6) is 0 Å². The number of likely N-dealkylation sites (N-methyl/N-ethyl adjacent to an activating group) is 1. The molecule has 0 bridgehead atoms. The third kappa shape index (κ3) is 13.2. The number of hydrogen-bond donors (Lipinski definition) is 2. The maximum absolute atomic E-state index is 5.83. The zero-order valence-electron chi connectivity index (χ0n) is 18.0. The molecule has 4 nitrogen and oxygen atoms in total. The zero-order valence-corrected chi connectivity index (χ0v) is 18.0. The van der Waals surface area contributed by atoms with Gasteiger partial charge in [-0.3, -0.25) is 0 Å². The Labute approximate surface area is 152 Å². The molecule has 0 spiro atoms. The highest BCUT2D eigenvalue weighted by atomic mass is 16.5. The Bertz CT molecular complexity index is 316. The summed E-state index contributed by atoms with van der Waals surface area (Å²) in [6.07, 6.45) is 4.05. The summed E-state index contributed by atoms with van der Waals surface area (Å²) >= 11 is 0. The molecule has 2 N–H and O–H groups in total. The van der Waals surface area contributed by atoms with Gasteiger partial charge < -0.3 is 20.3 Å². The molecule has 0 fully saturated rings. The molecule has 0 saturated heterocycles. The van der Waals surface area contributed by atoms with Gasteiger partial charge in [0.05, 0.1) is 12.2 Å². The van der Waals surface area contributed by atoms with E-state index in [0.29, 0.717) is 12.2 Å². The number of hydrogen-bond acceptors (Lipinski definition) is 4. The van der Waals surface area contributed by atoms with Crippen LogP contribution in [0.1, 0.15) is 74.7 Å². The largest absolute Gasteiger partial charge is 0.376 e. The van der Waals surface area contributed by atoms with E-state index < -0.39 is 0 Å². The fourth-order valence-corrected chi connectivity index (χ4v) is 2.59. The lowest BCUT2D eigenvalue weighted by Crippen LogP contribution is -2.45. The van der Waals surface area contributed by atoms with E-state index in [1.54, 1.807) is 0 Å². The first-order valence-corrected chi connectivity index (χ1v) is 9.81. The quantitative estimate of drug-likeness (QED) is 0.505. The van der Waals surface area contributed by atoms with Gasteiger partial charge in [0, 0.05) is 37.3 Å². The molecule has 4 heteroatoms. The van der Waals surface area contributed by atoms with Crippen LogP contribution in [0, 0.1) is 0 Å². The van der Waals surface area contributed by atoms with Gasteiger partial charge in [-0.05, 0) is 74.8 Å². The van der Waals surface area contributed by atoms with Crippen molar-refractivity contribution in [2.24, 2.45) is 0 Å². The molecule has 24 heavy (non-hydrogen) atoms. The van der Waals surface area contributed by atoms with Crippen LogP contribution >= 0.6 is 0 Å². The van der Waals surface area contributed by atoms with Crippen molar-refractivity contribution in [2.45, 2.75) is 97.9 Å². The highest BCUT2D eigenvalue weighted by Gasteiger charge is 2.19. The van der Waals surface area contributed by atoms with Crippen molar-refractivity contribution < 1.29 is 4.74 Å². The van der Waals surface area contributed by atoms with Crippen molar-refractivity contribution >= 4 is 0 Å². The molecule has 0 aliphatic rings. The predicted molar refractivity (Wildman–Crippen MR) is 107 cm³/mol. The second kappa shape index (κ2) is 11.5. The summed E-state index contributed by atoms with van der Waals surface area (Å²) in [6, 6.07) is 0. The summed E-state index contributed by atoms with van der Waals surface area (Å²) in [6.45, 7) is 22.0. The maximum Gasteiger partial charge on any atom is 0.0551 e. The summed E-state index contributed by atoms with van der Waals surface area (Å²) in [5.74, 6) is 0. The molecule has 0 aromatic carbocycles. The molecule has 0 amide bonds. The lowest BCUT2D eigenvalue weighted by atomic mass is 9.96. The van der Waals surface area contributed by atoms with Gasteiger partial charge in [-0.15, -0.1) is 0 Å². The van der Waals surface area contributed by atoms with Crippen molar-refractivity contribution in [2.75, 3.05) is 33.2 Å². The average Bonchev–Trinajstić information content (AvgIpc) is 2.44. The van der Waals surface area contributed by atoms with E-state index in [0.717, 1.165) is 45.4 Å². The van der Waals surface area contributed by atoms with E-state index in [2.05, 4.69) is 78.0 Å². The molecule has 146 valence electrons. The van der Waals surface area contributed by atoms with Crippen LogP contribution in [-0.2, 0) is 4.74 Å². The van der Waals surface area contributed by atoms with Crippen LogP contribution in [-0.4, -0.2) is 61.4 Å². The van der Waals surface area contributed by atoms with Gasteiger partial charge in [0.2, 0.25) is 0 Å². The van der Waals surface area contributed by atoms with Crippen LogP contribution in [0.25, 0.3) is 0 Å². The Morgan fingerprint density at radius 2 is 1.42 bits per heavy atom. The number of nitrogens with one attached hydrogen (secondary N) is 2. The number of nitrogens with zero attached hydrogens (tertiary/aromatic N) is 1. The molecule has 0 heterocycles. The second-order valence-corrected chi connectivity index (χ2v) is 8.81. The van der Waals surface area contributed by atoms with Crippen molar-refractivity contribution in [3.8, 4) is 0 Å². The summed E-state index contributed by atoms with van der Waals surface area (Å²) in [7, 11) is 2.20. The van der Waals surface area contributed by atoms with Crippen molar-refractivity contribution in [1.29, 1.82) is 0 Å². The molecular formula is C20H45N3O. The minimum Gasteiger partial charge on any atom is -0.376 e. The molecule has 1 atom stereocenters. The van der Waals surface area contributed by atoms with Crippen LogP contribution in [0.3, 0.4) is 0 Å². The van der Waals surface area contributed by atoms with E-state index in [9.17, 15) is 0 Å². The van der Waals surface area contributed by atoms with E-state index in [4.69, 9.17) is 4.74 Å². The van der Waals surface area contributed by atoms with E-state index in [1.165, 1.54) is 0 Å². The minimum absolute atomic E-state index is 0.165. The molecule has 0 radical (unpaired) electrons. The molecule has 0 rings (SSSR count). The Kier molecular flexibility index (Phi) is 11.4. The monoisotopic (exact) mass is 343 g/mol. The predicted octanol–water partition coefficient (Wildman–Crippen LogP) is 3.66. The van der Waals surface area contributed by atoms with E-state index in [-0.39, 0.29) is 11.1 Å². The van der Waals surface area contributed by atoms with Gasteiger partial charge >= 0.3 is 0 Å². The number of ether oxygens (including phenoxy) is 1. The molecule has 0 aromatic heterocycles. The van der Waals surface area contributed by atoms with Gasteiger partial charge in [-0.25, -0.2) is 0 Å². The third-order valence-electron chi connectivity index (χ3n) is 4.76. The van der Waals surface area contributed by atoms with Gasteiger partial charge in [0.1, 0.15) is 0 Å². The summed E-state index contributed by atoms with van der Waals surface area (Å²) < 4.78 is 5.83. The maximum atomic E-state index is 5.83. The average molecular weight is 344 g/mol. The van der Waals surface area contributed by atoms with Crippen molar-refractivity contribution in [3.63, 3.8) is 0 Å². The molecular weight excluding hydrogens is 298 g/mol. The number of rotatable bonds is 14. The highest BCUT2D eigenvalue weighted by Crippen LogP contribution is 2.15. The molecule has 0 aromatic rings. The normalized spacial score (nSPS) is 14.6. The standard InChI is InChI=1S/C20H45N3O/c1-10-19(5,6)21-13-15-23(9)16-14-22-20(7,8)12-11-18(4)24-17(2)3/h17-18,21-22H,10-16H2,1-9H3. The Hall–Kier alpha value is -0.160. The second-order valence-electron chi connectivity index (χ2n) is 8.81. The summed E-state index contributed by atoms with van der Waals surface area (Å²) in [4.78, 5) is 2.40. The van der Waals surface area contributed by atoms with Gasteiger partial charge in [-0.2, -0.15) is 0 Å². The van der Waals surface area contributed by atoms with Crippen LogP contribution in [0.2, 0.25) is 0 Å². The fraction of sp³-hybridized carbons (Fsp3) is 1.00. The molecule has 1 unspecified atom stereocenters. The van der Waals surface area contributed by atoms with Crippen LogP contribution < -0.4 is 10.6 Å². The SMILES string of the molecule is CCC(C)(C)NCCN(C)CCNC(C)(C)CCC(C)OC(C)C. The van der Waals surface area contributed by atoms with Gasteiger partial charge in [0.15, 0.2) is 0 Å². The lowest BCUT2D eigenvalue weighted by Gasteiger charge is -2.30. The van der Waals surface area contributed by atoms with Gasteiger partial charge in [-0.1, -0.05) is 6.92 Å². The first-order valence-electron chi connectivity index (χ1n) is 9.81.